The molecule has 4 rings (SSSR count). The van der Waals surface area contributed by atoms with Gasteiger partial charge in [-0.05, 0) is 53.8 Å². The van der Waals surface area contributed by atoms with Crippen LogP contribution in [0.2, 0.25) is 0 Å². The molecule has 0 spiro atoms. The highest BCUT2D eigenvalue weighted by molar-refractivity contribution is 6.04. The second-order valence-corrected chi connectivity index (χ2v) is 7.91. The summed E-state index contributed by atoms with van der Waals surface area (Å²) >= 11 is 0. The molecule has 1 amide bonds. The Morgan fingerprint density at radius 2 is 1.51 bits per heavy atom. The molecule has 4 aromatic carbocycles. The van der Waals surface area contributed by atoms with E-state index < -0.39 is 5.97 Å². The van der Waals surface area contributed by atoms with E-state index in [1.54, 1.807) is 47.4 Å². The molecule has 0 saturated heterocycles. The Morgan fingerprint density at radius 1 is 0.800 bits per heavy atom. The Kier molecular flexibility index (Phi) is 7.21. The standard InChI is InChI=1S/C29H25NO5/c1-3-30(27-13-7-9-22-8-4-5-12-26(22)27)28(32)19-34-29(33)24-11-6-10-23(18-24)21-14-16-25(17-15-21)35-20(2)31/h4-18H,3,19H2,1-2H3. The largest absolute Gasteiger partial charge is 0.452 e. The molecule has 0 saturated carbocycles. The Balaban J connectivity index is 1.45. The van der Waals surface area contributed by atoms with Crippen LogP contribution < -0.4 is 9.64 Å². The van der Waals surface area contributed by atoms with Crippen molar-refractivity contribution in [2.75, 3.05) is 18.1 Å². The van der Waals surface area contributed by atoms with Gasteiger partial charge in [-0.1, -0.05) is 60.7 Å². The van der Waals surface area contributed by atoms with Gasteiger partial charge >= 0.3 is 11.9 Å². The molecule has 0 unspecified atom stereocenters. The summed E-state index contributed by atoms with van der Waals surface area (Å²) in [7, 11) is 0. The van der Waals surface area contributed by atoms with Crippen LogP contribution in [0.5, 0.6) is 5.75 Å². The summed E-state index contributed by atoms with van der Waals surface area (Å²) in [5.74, 6) is -0.818. The van der Waals surface area contributed by atoms with Gasteiger partial charge in [0.15, 0.2) is 6.61 Å². The van der Waals surface area contributed by atoms with E-state index in [1.165, 1.54) is 6.92 Å². The number of carbonyl (C=O) groups is 3. The van der Waals surface area contributed by atoms with E-state index >= 15 is 0 Å². The number of esters is 2. The van der Waals surface area contributed by atoms with Crippen LogP contribution in [0.25, 0.3) is 21.9 Å². The number of nitrogens with zero attached hydrogens (tertiary/aromatic N) is 1. The number of amides is 1. The second kappa shape index (κ2) is 10.7. The van der Waals surface area contributed by atoms with E-state index in [-0.39, 0.29) is 18.5 Å². The zero-order valence-corrected chi connectivity index (χ0v) is 19.6. The van der Waals surface area contributed by atoms with Gasteiger partial charge in [0, 0.05) is 18.9 Å². The predicted molar refractivity (Wildman–Crippen MR) is 135 cm³/mol. The lowest BCUT2D eigenvalue weighted by Gasteiger charge is -2.22. The molecule has 0 atom stereocenters. The van der Waals surface area contributed by atoms with Crippen LogP contribution in [0.1, 0.15) is 24.2 Å². The maximum atomic E-state index is 13.0. The first-order valence-electron chi connectivity index (χ1n) is 11.3. The van der Waals surface area contributed by atoms with Gasteiger partial charge < -0.3 is 14.4 Å². The van der Waals surface area contributed by atoms with Crippen molar-refractivity contribution in [3.63, 3.8) is 0 Å². The van der Waals surface area contributed by atoms with Crippen molar-refractivity contribution >= 4 is 34.3 Å². The fourth-order valence-corrected chi connectivity index (χ4v) is 3.92. The first-order valence-corrected chi connectivity index (χ1v) is 11.3. The first-order chi connectivity index (χ1) is 17.0. The van der Waals surface area contributed by atoms with Crippen LogP contribution in [0, 0.1) is 0 Å². The number of anilines is 1. The molecule has 6 heteroatoms. The molecule has 0 aliphatic carbocycles. The Hall–Kier alpha value is -4.45. The summed E-state index contributed by atoms with van der Waals surface area (Å²) in [6, 6.07) is 27.6. The third-order valence-corrected chi connectivity index (χ3v) is 5.55. The minimum Gasteiger partial charge on any atom is -0.452 e. The number of ether oxygens (including phenoxy) is 2. The highest BCUT2D eigenvalue weighted by atomic mass is 16.5. The van der Waals surface area contributed by atoms with Gasteiger partial charge in [0.2, 0.25) is 0 Å². The SMILES string of the molecule is CCN(C(=O)COC(=O)c1cccc(-c2ccc(OC(C)=O)cc2)c1)c1cccc2ccccc12. The fraction of sp³-hybridized carbons (Fsp3) is 0.138. The van der Waals surface area contributed by atoms with E-state index in [2.05, 4.69) is 0 Å². The Labute approximate surface area is 203 Å². The number of hydrogen-bond donors (Lipinski definition) is 0. The lowest BCUT2D eigenvalue weighted by atomic mass is 10.0. The van der Waals surface area contributed by atoms with Crippen molar-refractivity contribution in [1.82, 2.24) is 0 Å². The van der Waals surface area contributed by atoms with Gasteiger partial charge in [-0.3, -0.25) is 9.59 Å². The predicted octanol–water partition coefficient (Wildman–Crippen LogP) is 5.64. The summed E-state index contributed by atoms with van der Waals surface area (Å²) in [4.78, 5) is 38.4. The summed E-state index contributed by atoms with van der Waals surface area (Å²) in [6.45, 7) is 3.31. The van der Waals surface area contributed by atoms with Gasteiger partial charge in [0.1, 0.15) is 5.75 Å². The maximum Gasteiger partial charge on any atom is 0.338 e. The number of fused-ring (bicyclic) bond motifs is 1. The number of benzene rings is 4. The van der Waals surface area contributed by atoms with Crippen molar-refractivity contribution in [1.29, 1.82) is 0 Å². The quantitative estimate of drug-likeness (QED) is 0.260. The lowest BCUT2D eigenvalue weighted by Crippen LogP contribution is -2.34. The Bertz CT molecular complexity index is 1370. The smallest absolute Gasteiger partial charge is 0.338 e. The van der Waals surface area contributed by atoms with Crippen molar-refractivity contribution < 1.29 is 23.9 Å². The van der Waals surface area contributed by atoms with Crippen molar-refractivity contribution in [2.45, 2.75) is 13.8 Å². The molecular weight excluding hydrogens is 442 g/mol. The first kappa shape index (κ1) is 23.7. The summed E-state index contributed by atoms with van der Waals surface area (Å²) < 4.78 is 10.4. The number of rotatable bonds is 7. The second-order valence-electron chi connectivity index (χ2n) is 7.91. The highest BCUT2D eigenvalue weighted by Crippen LogP contribution is 2.27. The van der Waals surface area contributed by atoms with Crippen LogP contribution in [0.4, 0.5) is 5.69 Å². The number of hydrogen-bond acceptors (Lipinski definition) is 5. The lowest BCUT2D eigenvalue weighted by molar-refractivity contribution is -0.131. The van der Waals surface area contributed by atoms with Crippen LogP contribution in [0.3, 0.4) is 0 Å². The maximum absolute atomic E-state index is 13.0. The van der Waals surface area contributed by atoms with Gasteiger partial charge in [0.05, 0.1) is 11.3 Å². The van der Waals surface area contributed by atoms with E-state index in [9.17, 15) is 14.4 Å². The van der Waals surface area contributed by atoms with Crippen LogP contribution in [-0.2, 0) is 14.3 Å². The molecule has 0 bridgehead atoms. The summed E-state index contributed by atoms with van der Waals surface area (Å²) in [5, 5.41) is 2.00. The van der Waals surface area contributed by atoms with E-state index in [1.807, 2.05) is 55.5 Å². The van der Waals surface area contributed by atoms with Crippen molar-refractivity contribution in [3.8, 4) is 16.9 Å². The minimum atomic E-state index is -0.578. The van der Waals surface area contributed by atoms with E-state index in [0.717, 1.165) is 27.6 Å². The molecular formula is C29H25NO5. The fourth-order valence-electron chi connectivity index (χ4n) is 3.92. The third kappa shape index (κ3) is 5.55. The van der Waals surface area contributed by atoms with Gasteiger partial charge in [0.25, 0.3) is 5.91 Å². The van der Waals surface area contributed by atoms with Crippen molar-refractivity contribution in [3.05, 3.63) is 96.6 Å². The average molecular weight is 468 g/mol. The molecule has 0 aliphatic heterocycles. The third-order valence-electron chi connectivity index (χ3n) is 5.55. The molecule has 6 nitrogen and oxygen atoms in total. The highest BCUT2D eigenvalue weighted by Gasteiger charge is 2.19. The summed E-state index contributed by atoms with van der Waals surface area (Å²) in [5.41, 5.74) is 2.77. The molecule has 0 aromatic heterocycles. The molecule has 0 fully saturated rings. The van der Waals surface area contributed by atoms with Crippen LogP contribution in [-0.4, -0.2) is 31.0 Å². The van der Waals surface area contributed by atoms with Gasteiger partial charge in [-0.15, -0.1) is 0 Å². The van der Waals surface area contributed by atoms with Gasteiger partial charge in [-0.25, -0.2) is 4.79 Å². The number of likely N-dealkylation sites (N-methyl/N-ethyl adjacent to an activating group) is 1. The minimum absolute atomic E-state index is 0.297. The zero-order chi connectivity index (χ0) is 24.8. The van der Waals surface area contributed by atoms with Gasteiger partial charge in [-0.2, -0.15) is 0 Å². The number of carbonyl (C=O) groups excluding carboxylic acids is 3. The van der Waals surface area contributed by atoms with Crippen molar-refractivity contribution in [2.24, 2.45) is 0 Å². The molecule has 35 heavy (non-hydrogen) atoms. The van der Waals surface area contributed by atoms with Crippen LogP contribution >= 0.6 is 0 Å². The van der Waals surface area contributed by atoms with Crippen LogP contribution in [0.15, 0.2) is 91.0 Å². The normalized spacial score (nSPS) is 10.6. The molecule has 0 heterocycles. The molecule has 0 aliphatic rings. The topological polar surface area (TPSA) is 72.9 Å². The average Bonchev–Trinajstić information content (AvgIpc) is 2.88. The molecule has 4 aromatic rings. The summed E-state index contributed by atoms with van der Waals surface area (Å²) in [6.07, 6.45) is 0. The molecule has 176 valence electrons. The Morgan fingerprint density at radius 3 is 2.26 bits per heavy atom. The van der Waals surface area contributed by atoms with E-state index in [0.29, 0.717) is 17.9 Å². The van der Waals surface area contributed by atoms with E-state index in [4.69, 9.17) is 9.47 Å². The molecule has 0 radical (unpaired) electrons. The molecule has 0 N–H and O–H groups in total. The zero-order valence-electron chi connectivity index (χ0n) is 19.6. The monoisotopic (exact) mass is 467 g/mol.